The fourth-order valence-corrected chi connectivity index (χ4v) is 4.19. The van der Waals surface area contributed by atoms with Crippen molar-refractivity contribution in [1.82, 2.24) is 10.2 Å². The molecule has 1 amide bonds. The summed E-state index contributed by atoms with van der Waals surface area (Å²) < 4.78 is 0. The molecule has 3 nitrogen and oxygen atoms in total. The lowest BCUT2D eigenvalue weighted by atomic mass is 9.90. The molecule has 0 radical (unpaired) electrons. The van der Waals surface area contributed by atoms with E-state index in [1.54, 1.807) is 0 Å². The lowest BCUT2D eigenvalue weighted by Gasteiger charge is -2.35. The maximum atomic E-state index is 12.3. The zero-order valence-electron chi connectivity index (χ0n) is 10.9. The molecule has 1 aliphatic heterocycles. The number of amides is 1. The summed E-state index contributed by atoms with van der Waals surface area (Å²) in [4.78, 5) is 14.3. The molecule has 17 heavy (non-hydrogen) atoms. The van der Waals surface area contributed by atoms with Crippen LogP contribution in [0.3, 0.4) is 0 Å². The predicted molar refractivity (Wildman–Crippen MR) is 73.4 cm³/mol. The molecular formula is C13H24N2OS. The van der Waals surface area contributed by atoms with Gasteiger partial charge in [0.2, 0.25) is 5.91 Å². The van der Waals surface area contributed by atoms with Gasteiger partial charge in [-0.15, -0.1) is 11.8 Å². The summed E-state index contributed by atoms with van der Waals surface area (Å²) in [6.45, 7) is 0. The summed E-state index contributed by atoms with van der Waals surface area (Å²) in [7, 11) is 4.04. The van der Waals surface area contributed by atoms with Gasteiger partial charge in [0.05, 0.1) is 5.25 Å². The van der Waals surface area contributed by atoms with Crippen molar-refractivity contribution in [2.45, 2.75) is 55.9 Å². The highest BCUT2D eigenvalue weighted by Crippen LogP contribution is 2.30. The van der Waals surface area contributed by atoms with Gasteiger partial charge in [-0.1, -0.05) is 0 Å². The van der Waals surface area contributed by atoms with Crippen LogP contribution in [0.5, 0.6) is 0 Å². The number of carbonyl (C=O) groups is 1. The number of carbonyl (C=O) groups excluding carboxylic acids is 1. The third kappa shape index (κ3) is 3.16. The van der Waals surface area contributed by atoms with E-state index in [0.717, 1.165) is 25.0 Å². The van der Waals surface area contributed by atoms with E-state index in [1.807, 2.05) is 30.8 Å². The van der Waals surface area contributed by atoms with Crippen molar-refractivity contribution >= 4 is 17.7 Å². The smallest absolute Gasteiger partial charge is 0.235 e. The van der Waals surface area contributed by atoms with E-state index in [2.05, 4.69) is 5.32 Å². The normalized spacial score (nSPS) is 33.6. The predicted octanol–water partition coefficient (Wildman–Crippen LogP) is 1.87. The van der Waals surface area contributed by atoms with Gasteiger partial charge in [-0.25, -0.2) is 0 Å². The molecule has 0 aromatic carbocycles. The molecule has 98 valence electrons. The van der Waals surface area contributed by atoms with E-state index in [-0.39, 0.29) is 5.25 Å². The van der Waals surface area contributed by atoms with Gasteiger partial charge in [-0.2, -0.15) is 0 Å². The number of hydrogen-bond acceptors (Lipinski definition) is 3. The minimum absolute atomic E-state index is 0.252. The fraction of sp³-hybridized carbons (Fsp3) is 0.923. The van der Waals surface area contributed by atoms with Crippen LogP contribution < -0.4 is 5.32 Å². The van der Waals surface area contributed by atoms with E-state index < -0.39 is 0 Å². The number of hydrogen-bond donors (Lipinski definition) is 1. The van der Waals surface area contributed by atoms with E-state index >= 15 is 0 Å². The molecule has 2 fully saturated rings. The first-order valence-corrected chi connectivity index (χ1v) is 7.82. The van der Waals surface area contributed by atoms with Gasteiger partial charge in [0.15, 0.2) is 0 Å². The second kappa shape index (κ2) is 6.10. The highest BCUT2D eigenvalue weighted by Gasteiger charge is 2.31. The zero-order chi connectivity index (χ0) is 12.3. The Balaban J connectivity index is 1.83. The van der Waals surface area contributed by atoms with Crippen LogP contribution in [0.25, 0.3) is 0 Å². The summed E-state index contributed by atoms with van der Waals surface area (Å²) in [5.41, 5.74) is 0. The van der Waals surface area contributed by atoms with Crippen LogP contribution in [0.1, 0.15) is 38.5 Å². The lowest BCUT2D eigenvalue weighted by Crippen LogP contribution is -2.45. The second-order valence-corrected chi connectivity index (χ2v) is 6.56. The van der Waals surface area contributed by atoms with Crippen molar-refractivity contribution in [3.63, 3.8) is 0 Å². The van der Waals surface area contributed by atoms with Gasteiger partial charge in [0.1, 0.15) is 0 Å². The summed E-state index contributed by atoms with van der Waals surface area (Å²) in [6, 6.07) is 1.14. The fourth-order valence-electron chi connectivity index (χ4n) is 2.93. The lowest BCUT2D eigenvalue weighted by molar-refractivity contribution is -0.132. The molecule has 1 N–H and O–H groups in total. The highest BCUT2D eigenvalue weighted by molar-refractivity contribution is 8.00. The van der Waals surface area contributed by atoms with Gasteiger partial charge in [-0.05, 0) is 51.3 Å². The summed E-state index contributed by atoms with van der Waals surface area (Å²) in [6.07, 6.45) is 7.02. The third-order valence-corrected chi connectivity index (χ3v) is 5.57. The van der Waals surface area contributed by atoms with Crippen molar-refractivity contribution in [2.75, 3.05) is 19.8 Å². The molecule has 0 bridgehead atoms. The molecule has 4 heteroatoms. The van der Waals surface area contributed by atoms with Gasteiger partial charge in [0, 0.05) is 19.1 Å². The molecule has 1 unspecified atom stereocenters. The van der Waals surface area contributed by atoms with Crippen LogP contribution in [0, 0.1) is 0 Å². The molecule has 0 aromatic rings. The number of nitrogens with zero attached hydrogens (tertiary/aromatic N) is 1. The Hall–Kier alpha value is -0.220. The Morgan fingerprint density at radius 2 is 1.94 bits per heavy atom. The van der Waals surface area contributed by atoms with Gasteiger partial charge >= 0.3 is 0 Å². The molecular weight excluding hydrogens is 232 g/mol. The number of thioether (sulfide) groups is 1. The molecule has 2 aliphatic rings. The first kappa shape index (κ1) is 13.2. The van der Waals surface area contributed by atoms with Crippen LogP contribution in [0.15, 0.2) is 0 Å². The quantitative estimate of drug-likeness (QED) is 0.836. The third-order valence-electron chi connectivity index (χ3n) is 4.21. The van der Waals surface area contributed by atoms with Crippen LogP contribution in [0.2, 0.25) is 0 Å². The van der Waals surface area contributed by atoms with Crippen molar-refractivity contribution < 1.29 is 4.79 Å². The van der Waals surface area contributed by atoms with Crippen LogP contribution in [0.4, 0.5) is 0 Å². The molecule has 1 saturated carbocycles. The van der Waals surface area contributed by atoms with E-state index in [1.165, 1.54) is 19.3 Å². The molecule has 0 spiro atoms. The Kier molecular flexibility index (Phi) is 4.74. The summed E-state index contributed by atoms with van der Waals surface area (Å²) in [5.74, 6) is 1.54. The monoisotopic (exact) mass is 256 g/mol. The molecule has 1 heterocycles. The maximum absolute atomic E-state index is 12.3. The van der Waals surface area contributed by atoms with Gasteiger partial charge in [-0.3, -0.25) is 4.79 Å². The van der Waals surface area contributed by atoms with Crippen molar-refractivity contribution in [2.24, 2.45) is 0 Å². The van der Waals surface area contributed by atoms with E-state index in [0.29, 0.717) is 18.0 Å². The average molecular weight is 256 g/mol. The second-order valence-electron chi connectivity index (χ2n) is 5.24. The SMILES string of the molecule is CNC1CCC(N(C)C(=O)C2CCCS2)CC1. The van der Waals surface area contributed by atoms with Gasteiger partial charge in [0.25, 0.3) is 0 Å². The van der Waals surface area contributed by atoms with Crippen molar-refractivity contribution in [3.8, 4) is 0 Å². The molecule has 2 rings (SSSR count). The first-order chi connectivity index (χ1) is 8.22. The number of rotatable bonds is 3. The van der Waals surface area contributed by atoms with Crippen LogP contribution in [-0.4, -0.2) is 48.0 Å². The Labute approximate surface area is 109 Å². The van der Waals surface area contributed by atoms with Crippen molar-refractivity contribution in [3.05, 3.63) is 0 Å². The zero-order valence-corrected chi connectivity index (χ0v) is 11.8. The van der Waals surface area contributed by atoms with E-state index in [9.17, 15) is 4.79 Å². The largest absolute Gasteiger partial charge is 0.342 e. The van der Waals surface area contributed by atoms with Crippen molar-refractivity contribution in [1.29, 1.82) is 0 Å². The Bertz CT molecular complexity index is 258. The Morgan fingerprint density at radius 1 is 1.24 bits per heavy atom. The van der Waals surface area contributed by atoms with E-state index in [4.69, 9.17) is 0 Å². The minimum atomic E-state index is 0.252. The van der Waals surface area contributed by atoms with Crippen LogP contribution >= 0.6 is 11.8 Å². The average Bonchev–Trinajstić information content (AvgIpc) is 2.91. The highest BCUT2D eigenvalue weighted by atomic mass is 32.2. The summed E-state index contributed by atoms with van der Waals surface area (Å²) in [5, 5.41) is 3.59. The van der Waals surface area contributed by atoms with Gasteiger partial charge < -0.3 is 10.2 Å². The molecule has 1 atom stereocenters. The molecule has 0 aromatic heterocycles. The summed E-state index contributed by atoms with van der Waals surface area (Å²) >= 11 is 1.84. The van der Waals surface area contributed by atoms with Crippen LogP contribution in [-0.2, 0) is 4.79 Å². The Morgan fingerprint density at radius 3 is 2.47 bits per heavy atom. The minimum Gasteiger partial charge on any atom is -0.342 e. The molecule has 1 aliphatic carbocycles. The first-order valence-electron chi connectivity index (χ1n) is 6.78. The maximum Gasteiger partial charge on any atom is 0.235 e. The topological polar surface area (TPSA) is 32.3 Å². The molecule has 1 saturated heterocycles. The number of nitrogens with one attached hydrogen (secondary N) is 1. The standard InChI is InChI=1S/C13H24N2OS/c1-14-10-5-7-11(8-6-10)15(2)13(16)12-4-3-9-17-12/h10-12,14H,3-9H2,1-2H3.